The first-order valence-corrected chi connectivity index (χ1v) is 7.29. The number of halogens is 1. The van der Waals surface area contributed by atoms with E-state index in [0.29, 0.717) is 11.6 Å². The van der Waals surface area contributed by atoms with Crippen LogP contribution in [-0.4, -0.2) is 40.7 Å². The molecule has 2 rings (SSSR count). The highest BCUT2D eigenvalue weighted by Gasteiger charge is 2.26. The summed E-state index contributed by atoms with van der Waals surface area (Å²) in [6.07, 6.45) is 3.55. The van der Waals surface area contributed by atoms with Crippen molar-refractivity contribution in [2.24, 2.45) is 5.92 Å². The third kappa shape index (κ3) is 3.44. The number of benzene rings is 1. The molecule has 0 aliphatic heterocycles. The molecule has 0 saturated heterocycles. The Kier molecular flexibility index (Phi) is 4.89. The molecule has 2 N–H and O–H groups in total. The molecule has 1 amide bonds. The molecule has 2 atom stereocenters. The van der Waals surface area contributed by atoms with Crippen molar-refractivity contribution in [3.8, 4) is 5.75 Å². The van der Waals surface area contributed by atoms with Crippen molar-refractivity contribution in [3.05, 3.63) is 28.8 Å². The van der Waals surface area contributed by atoms with Gasteiger partial charge in [0.2, 0.25) is 0 Å². The number of phenols is 1. The van der Waals surface area contributed by atoms with Crippen LogP contribution in [0.3, 0.4) is 0 Å². The van der Waals surface area contributed by atoms with E-state index in [1.54, 1.807) is 18.0 Å². The van der Waals surface area contributed by atoms with E-state index in [1.807, 2.05) is 0 Å². The van der Waals surface area contributed by atoms with Crippen molar-refractivity contribution in [1.82, 2.24) is 4.90 Å². The second kappa shape index (κ2) is 6.46. The van der Waals surface area contributed by atoms with Crippen LogP contribution in [-0.2, 0) is 0 Å². The molecule has 0 heterocycles. The molecule has 1 saturated carbocycles. The summed E-state index contributed by atoms with van der Waals surface area (Å²) in [6, 6.07) is 4.46. The Morgan fingerprint density at radius 1 is 1.40 bits per heavy atom. The molecule has 2 unspecified atom stereocenters. The van der Waals surface area contributed by atoms with Crippen molar-refractivity contribution in [3.63, 3.8) is 0 Å². The second-order valence-corrected chi connectivity index (χ2v) is 5.90. The minimum Gasteiger partial charge on any atom is -0.507 e. The maximum absolute atomic E-state index is 12.3. The number of carbonyl (C=O) groups excluding carboxylic acids is 1. The van der Waals surface area contributed by atoms with Gasteiger partial charge in [-0.2, -0.15) is 0 Å². The van der Waals surface area contributed by atoms with Crippen molar-refractivity contribution in [2.45, 2.75) is 31.8 Å². The van der Waals surface area contributed by atoms with Crippen LogP contribution in [0.4, 0.5) is 0 Å². The van der Waals surface area contributed by atoms with Crippen molar-refractivity contribution >= 4 is 17.5 Å². The smallest absolute Gasteiger partial charge is 0.257 e. The van der Waals surface area contributed by atoms with Gasteiger partial charge in [0.1, 0.15) is 5.75 Å². The SMILES string of the molecule is CN(CC1CCCCC1O)C(=O)c1ccc(Cl)cc1O. The zero-order chi connectivity index (χ0) is 14.7. The monoisotopic (exact) mass is 297 g/mol. The highest BCUT2D eigenvalue weighted by molar-refractivity contribution is 6.30. The van der Waals surface area contributed by atoms with Gasteiger partial charge in [0.25, 0.3) is 5.91 Å². The Balaban J connectivity index is 2.04. The highest BCUT2D eigenvalue weighted by Crippen LogP contribution is 2.27. The Bertz CT molecular complexity index is 492. The normalized spacial score (nSPS) is 22.6. The Labute approximate surface area is 124 Å². The minimum atomic E-state index is -0.335. The summed E-state index contributed by atoms with van der Waals surface area (Å²) >= 11 is 5.76. The summed E-state index contributed by atoms with van der Waals surface area (Å²) in [6.45, 7) is 0.502. The molecule has 1 aromatic carbocycles. The molecule has 0 aromatic heterocycles. The Hall–Kier alpha value is -1.26. The number of aliphatic hydroxyl groups is 1. The van der Waals surface area contributed by atoms with Crippen molar-refractivity contribution in [2.75, 3.05) is 13.6 Å². The van der Waals surface area contributed by atoms with Crippen LogP contribution in [0.2, 0.25) is 5.02 Å². The van der Waals surface area contributed by atoms with Gasteiger partial charge in [-0.05, 0) is 31.0 Å². The quantitative estimate of drug-likeness (QED) is 0.902. The fourth-order valence-electron chi connectivity index (χ4n) is 2.73. The number of hydrogen-bond acceptors (Lipinski definition) is 3. The number of aliphatic hydroxyl groups excluding tert-OH is 1. The Morgan fingerprint density at radius 3 is 2.75 bits per heavy atom. The van der Waals surface area contributed by atoms with Crippen LogP contribution in [0.15, 0.2) is 18.2 Å². The van der Waals surface area contributed by atoms with Gasteiger partial charge < -0.3 is 15.1 Å². The lowest BCUT2D eigenvalue weighted by atomic mass is 9.86. The number of rotatable bonds is 3. The molecule has 0 bridgehead atoms. The predicted molar refractivity (Wildman–Crippen MR) is 78.0 cm³/mol. The maximum atomic E-state index is 12.3. The number of aromatic hydroxyl groups is 1. The fourth-order valence-corrected chi connectivity index (χ4v) is 2.89. The summed E-state index contributed by atoms with van der Waals surface area (Å²) in [7, 11) is 1.69. The van der Waals surface area contributed by atoms with E-state index in [9.17, 15) is 15.0 Å². The summed E-state index contributed by atoms with van der Waals surface area (Å²) in [5.74, 6) is -0.248. The number of nitrogens with zero attached hydrogens (tertiary/aromatic N) is 1. The van der Waals surface area contributed by atoms with Gasteiger partial charge in [0, 0.05) is 24.5 Å². The zero-order valence-corrected chi connectivity index (χ0v) is 12.3. The predicted octanol–water partition coefficient (Wildman–Crippen LogP) is 2.67. The van der Waals surface area contributed by atoms with Crippen molar-refractivity contribution in [1.29, 1.82) is 0 Å². The van der Waals surface area contributed by atoms with E-state index in [0.717, 1.165) is 25.7 Å². The Morgan fingerprint density at radius 2 is 2.10 bits per heavy atom. The lowest BCUT2D eigenvalue weighted by Crippen LogP contribution is -2.38. The summed E-state index contributed by atoms with van der Waals surface area (Å²) in [4.78, 5) is 13.9. The first-order chi connectivity index (χ1) is 9.49. The third-order valence-electron chi connectivity index (χ3n) is 3.91. The standard InChI is InChI=1S/C15H20ClNO3/c1-17(9-10-4-2-3-5-13(10)18)15(20)12-7-6-11(16)8-14(12)19/h6-8,10,13,18-19H,2-5,9H2,1H3. The van der Waals surface area contributed by atoms with Crippen LogP contribution < -0.4 is 0 Å². The lowest BCUT2D eigenvalue weighted by Gasteiger charge is -2.31. The molecular weight excluding hydrogens is 278 g/mol. The van der Waals surface area contributed by atoms with Gasteiger partial charge in [0.05, 0.1) is 11.7 Å². The van der Waals surface area contributed by atoms with Gasteiger partial charge in [0.15, 0.2) is 0 Å². The lowest BCUT2D eigenvalue weighted by molar-refractivity contribution is 0.0450. The highest BCUT2D eigenvalue weighted by atomic mass is 35.5. The third-order valence-corrected chi connectivity index (χ3v) is 4.15. The van der Waals surface area contributed by atoms with E-state index in [2.05, 4.69) is 0 Å². The van der Waals surface area contributed by atoms with Gasteiger partial charge in [-0.3, -0.25) is 4.79 Å². The van der Waals surface area contributed by atoms with Gasteiger partial charge in [-0.1, -0.05) is 24.4 Å². The maximum Gasteiger partial charge on any atom is 0.257 e. The number of phenolic OH excluding ortho intramolecular Hbond substituents is 1. The molecule has 0 spiro atoms. The van der Waals surface area contributed by atoms with Gasteiger partial charge in [-0.25, -0.2) is 0 Å². The van der Waals surface area contributed by atoms with E-state index < -0.39 is 0 Å². The molecule has 1 fully saturated rings. The van der Waals surface area contributed by atoms with E-state index in [1.165, 1.54) is 12.1 Å². The van der Waals surface area contributed by atoms with Crippen LogP contribution in [0.1, 0.15) is 36.0 Å². The first-order valence-electron chi connectivity index (χ1n) is 6.91. The second-order valence-electron chi connectivity index (χ2n) is 5.46. The molecule has 20 heavy (non-hydrogen) atoms. The molecule has 5 heteroatoms. The molecule has 0 radical (unpaired) electrons. The average molecular weight is 298 g/mol. The summed E-state index contributed by atoms with van der Waals surface area (Å²) in [5, 5.41) is 20.1. The molecule has 1 aliphatic carbocycles. The van der Waals surface area contributed by atoms with Crippen molar-refractivity contribution < 1.29 is 15.0 Å². The average Bonchev–Trinajstić information content (AvgIpc) is 2.40. The summed E-state index contributed by atoms with van der Waals surface area (Å²) in [5.41, 5.74) is 0.238. The van der Waals surface area contributed by atoms with Crippen LogP contribution in [0.5, 0.6) is 5.75 Å². The molecule has 1 aliphatic rings. The van der Waals surface area contributed by atoms with Gasteiger partial charge in [-0.15, -0.1) is 0 Å². The number of hydrogen-bond donors (Lipinski definition) is 2. The van der Waals surface area contributed by atoms with Crippen LogP contribution in [0, 0.1) is 5.92 Å². The minimum absolute atomic E-state index is 0.112. The van der Waals surface area contributed by atoms with E-state index in [-0.39, 0.29) is 29.2 Å². The molecule has 4 nitrogen and oxygen atoms in total. The van der Waals surface area contributed by atoms with E-state index in [4.69, 9.17) is 11.6 Å². The molecular formula is C15H20ClNO3. The van der Waals surface area contributed by atoms with E-state index >= 15 is 0 Å². The largest absolute Gasteiger partial charge is 0.507 e. The molecule has 1 aromatic rings. The van der Waals surface area contributed by atoms with Gasteiger partial charge >= 0.3 is 0 Å². The van der Waals surface area contributed by atoms with Crippen LogP contribution >= 0.6 is 11.6 Å². The zero-order valence-electron chi connectivity index (χ0n) is 11.6. The molecule has 110 valence electrons. The number of amides is 1. The topological polar surface area (TPSA) is 60.8 Å². The van der Waals surface area contributed by atoms with Crippen LogP contribution in [0.25, 0.3) is 0 Å². The fraction of sp³-hybridized carbons (Fsp3) is 0.533. The number of carbonyl (C=O) groups is 1. The first kappa shape index (κ1) is 15.1. The summed E-state index contributed by atoms with van der Waals surface area (Å²) < 4.78 is 0.